The Hall–Kier alpha value is -2.15. The van der Waals surface area contributed by atoms with Crippen molar-refractivity contribution in [2.45, 2.75) is 13.0 Å². The van der Waals surface area contributed by atoms with E-state index in [9.17, 15) is 9.59 Å². The van der Waals surface area contributed by atoms with E-state index in [1.807, 2.05) is 0 Å². The highest BCUT2D eigenvalue weighted by molar-refractivity contribution is 6.01. The molecule has 1 aliphatic heterocycles. The average Bonchev–Trinajstić information content (AvgIpc) is 2.40. The van der Waals surface area contributed by atoms with E-state index in [1.165, 1.54) is 11.1 Å². The number of fused-ring (bicyclic) bond motifs is 1. The molecule has 0 radical (unpaired) electrons. The van der Waals surface area contributed by atoms with Crippen LogP contribution in [0, 0.1) is 0 Å². The summed E-state index contributed by atoms with van der Waals surface area (Å²) in [4.78, 5) is 28.8. The Morgan fingerprint density at radius 2 is 2.47 bits per heavy atom. The molecule has 0 saturated heterocycles. The fraction of sp³-hybridized carbons (Fsp3) is 0.417. The molecule has 1 unspecified atom stereocenters. The standard InChI is InChI=1S/C12H15N3O4/c1-8(16)5-14-10(17)6-15-11(18)7-19-9-3-2-4-13-12(9)15/h2-4,8,16H,5-7H2,1H3,(H,14,17). The molecule has 0 spiro atoms. The second-order valence-electron chi connectivity index (χ2n) is 4.25. The van der Waals surface area contributed by atoms with Gasteiger partial charge in [-0.2, -0.15) is 0 Å². The Morgan fingerprint density at radius 3 is 3.21 bits per heavy atom. The summed E-state index contributed by atoms with van der Waals surface area (Å²) in [5.74, 6) is 0.141. The van der Waals surface area contributed by atoms with Crippen molar-refractivity contribution in [2.24, 2.45) is 0 Å². The first kappa shape index (κ1) is 13.3. The lowest BCUT2D eigenvalue weighted by molar-refractivity contribution is -0.125. The highest BCUT2D eigenvalue weighted by Gasteiger charge is 2.28. The van der Waals surface area contributed by atoms with Crippen LogP contribution in [-0.4, -0.2) is 47.7 Å². The number of hydrogen-bond donors (Lipinski definition) is 2. The van der Waals surface area contributed by atoms with E-state index in [2.05, 4.69) is 10.3 Å². The summed E-state index contributed by atoms with van der Waals surface area (Å²) in [6.07, 6.45) is 0.899. The maximum absolute atomic E-state index is 11.8. The van der Waals surface area contributed by atoms with Gasteiger partial charge in [0.15, 0.2) is 18.2 Å². The van der Waals surface area contributed by atoms with E-state index < -0.39 is 6.10 Å². The fourth-order valence-corrected chi connectivity index (χ4v) is 1.66. The second-order valence-corrected chi connectivity index (χ2v) is 4.25. The van der Waals surface area contributed by atoms with Crippen LogP contribution in [0.4, 0.5) is 5.82 Å². The van der Waals surface area contributed by atoms with Crippen molar-refractivity contribution in [1.82, 2.24) is 10.3 Å². The first-order chi connectivity index (χ1) is 9.08. The summed E-state index contributed by atoms with van der Waals surface area (Å²) in [7, 11) is 0. The Balaban J connectivity index is 2.07. The number of aliphatic hydroxyl groups is 1. The molecule has 102 valence electrons. The molecule has 0 aromatic carbocycles. The van der Waals surface area contributed by atoms with E-state index in [1.54, 1.807) is 19.1 Å². The quantitative estimate of drug-likeness (QED) is 0.751. The smallest absolute Gasteiger partial charge is 0.266 e. The van der Waals surface area contributed by atoms with Crippen LogP contribution in [-0.2, 0) is 9.59 Å². The van der Waals surface area contributed by atoms with Gasteiger partial charge in [0.2, 0.25) is 5.91 Å². The molecule has 2 rings (SSSR count). The van der Waals surface area contributed by atoms with Crippen LogP contribution in [0.5, 0.6) is 5.75 Å². The number of aliphatic hydroxyl groups excluding tert-OH is 1. The number of carbonyl (C=O) groups is 2. The number of nitrogens with one attached hydrogen (secondary N) is 1. The lowest BCUT2D eigenvalue weighted by Gasteiger charge is -2.27. The fourth-order valence-electron chi connectivity index (χ4n) is 1.66. The molecule has 0 aliphatic carbocycles. The number of pyridine rings is 1. The lowest BCUT2D eigenvalue weighted by atomic mass is 10.3. The largest absolute Gasteiger partial charge is 0.480 e. The molecular formula is C12H15N3O4. The third-order valence-electron chi connectivity index (χ3n) is 2.56. The molecule has 7 heteroatoms. The van der Waals surface area contributed by atoms with Crippen molar-refractivity contribution in [3.63, 3.8) is 0 Å². The molecule has 2 N–H and O–H groups in total. The maximum atomic E-state index is 11.8. The number of amides is 2. The van der Waals surface area contributed by atoms with Crippen molar-refractivity contribution >= 4 is 17.6 Å². The molecule has 0 fully saturated rings. The number of aromatic nitrogens is 1. The van der Waals surface area contributed by atoms with Crippen LogP contribution in [0.15, 0.2) is 18.3 Å². The molecule has 2 amide bonds. The molecule has 1 atom stereocenters. The lowest BCUT2D eigenvalue weighted by Crippen LogP contribution is -2.46. The molecule has 1 aliphatic rings. The van der Waals surface area contributed by atoms with Crippen LogP contribution in [0.2, 0.25) is 0 Å². The molecule has 19 heavy (non-hydrogen) atoms. The Bertz CT molecular complexity index is 490. The molecular weight excluding hydrogens is 250 g/mol. The third kappa shape index (κ3) is 3.19. The normalized spacial score (nSPS) is 15.5. The maximum Gasteiger partial charge on any atom is 0.266 e. The highest BCUT2D eigenvalue weighted by Crippen LogP contribution is 2.28. The summed E-state index contributed by atoms with van der Waals surface area (Å²) in [6.45, 7) is 1.46. The summed E-state index contributed by atoms with van der Waals surface area (Å²) >= 11 is 0. The van der Waals surface area contributed by atoms with Crippen molar-refractivity contribution in [1.29, 1.82) is 0 Å². The van der Waals surface area contributed by atoms with Gasteiger partial charge in [0.05, 0.1) is 6.10 Å². The van der Waals surface area contributed by atoms with E-state index in [4.69, 9.17) is 9.84 Å². The van der Waals surface area contributed by atoms with Crippen LogP contribution in [0.1, 0.15) is 6.92 Å². The highest BCUT2D eigenvalue weighted by atomic mass is 16.5. The van der Waals surface area contributed by atoms with Gasteiger partial charge in [-0.25, -0.2) is 4.98 Å². The number of ether oxygens (including phenoxy) is 1. The first-order valence-corrected chi connectivity index (χ1v) is 5.91. The van der Waals surface area contributed by atoms with Gasteiger partial charge < -0.3 is 15.2 Å². The van der Waals surface area contributed by atoms with Crippen LogP contribution in [0.25, 0.3) is 0 Å². The number of hydrogen-bond acceptors (Lipinski definition) is 5. The van der Waals surface area contributed by atoms with Crippen molar-refractivity contribution in [2.75, 3.05) is 24.6 Å². The molecule has 1 aromatic heterocycles. The number of anilines is 1. The Labute approximate surface area is 110 Å². The van der Waals surface area contributed by atoms with Gasteiger partial charge in [0.25, 0.3) is 5.91 Å². The first-order valence-electron chi connectivity index (χ1n) is 5.91. The average molecular weight is 265 g/mol. The van der Waals surface area contributed by atoms with Crippen LogP contribution >= 0.6 is 0 Å². The summed E-state index contributed by atoms with van der Waals surface area (Å²) in [6, 6.07) is 3.38. The Kier molecular flexibility index (Phi) is 3.96. The van der Waals surface area contributed by atoms with Gasteiger partial charge in [0, 0.05) is 12.7 Å². The zero-order valence-electron chi connectivity index (χ0n) is 10.5. The van der Waals surface area contributed by atoms with Gasteiger partial charge in [-0.3, -0.25) is 14.5 Å². The molecule has 2 heterocycles. The zero-order chi connectivity index (χ0) is 13.8. The van der Waals surface area contributed by atoms with E-state index in [0.717, 1.165) is 0 Å². The minimum Gasteiger partial charge on any atom is -0.480 e. The number of carbonyl (C=O) groups excluding carboxylic acids is 2. The van der Waals surface area contributed by atoms with Crippen molar-refractivity contribution in [3.8, 4) is 5.75 Å². The van der Waals surface area contributed by atoms with Gasteiger partial charge in [-0.15, -0.1) is 0 Å². The summed E-state index contributed by atoms with van der Waals surface area (Å²) in [5.41, 5.74) is 0. The monoisotopic (exact) mass is 265 g/mol. The number of rotatable bonds is 4. The molecule has 0 saturated carbocycles. The Morgan fingerprint density at radius 1 is 1.68 bits per heavy atom. The second kappa shape index (κ2) is 5.66. The summed E-state index contributed by atoms with van der Waals surface area (Å²) in [5, 5.41) is 11.6. The number of nitrogens with zero attached hydrogens (tertiary/aromatic N) is 2. The van der Waals surface area contributed by atoms with E-state index in [0.29, 0.717) is 11.6 Å². The van der Waals surface area contributed by atoms with Crippen molar-refractivity contribution in [3.05, 3.63) is 18.3 Å². The van der Waals surface area contributed by atoms with E-state index >= 15 is 0 Å². The SMILES string of the molecule is CC(O)CNC(=O)CN1C(=O)COc2cccnc21. The molecule has 1 aromatic rings. The van der Waals surface area contributed by atoms with Gasteiger partial charge in [-0.05, 0) is 19.1 Å². The minimum absolute atomic E-state index is 0.109. The topological polar surface area (TPSA) is 91.8 Å². The van der Waals surface area contributed by atoms with Gasteiger partial charge >= 0.3 is 0 Å². The molecule has 0 bridgehead atoms. The third-order valence-corrected chi connectivity index (χ3v) is 2.56. The van der Waals surface area contributed by atoms with Crippen LogP contribution < -0.4 is 15.0 Å². The predicted octanol–water partition coefficient (Wildman–Crippen LogP) is -0.696. The summed E-state index contributed by atoms with van der Waals surface area (Å²) < 4.78 is 5.22. The minimum atomic E-state index is -0.630. The predicted molar refractivity (Wildman–Crippen MR) is 66.8 cm³/mol. The zero-order valence-corrected chi connectivity index (χ0v) is 10.5. The van der Waals surface area contributed by atoms with Gasteiger partial charge in [-0.1, -0.05) is 0 Å². The van der Waals surface area contributed by atoms with Crippen molar-refractivity contribution < 1.29 is 19.4 Å². The van der Waals surface area contributed by atoms with Crippen LogP contribution in [0.3, 0.4) is 0 Å². The van der Waals surface area contributed by atoms with Gasteiger partial charge in [0.1, 0.15) is 6.54 Å². The van der Waals surface area contributed by atoms with E-state index in [-0.39, 0.29) is 31.5 Å². The molecule has 7 nitrogen and oxygen atoms in total.